The fraction of sp³-hybridized carbons (Fsp3) is 0.393. The molecule has 1 spiro atoms. The van der Waals surface area contributed by atoms with E-state index >= 15 is 0 Å². The lowest BCUT2D eigenvalue weighted by atomic mass is 9.88. The minimum atomic E-state index is -0.648. The van der Waals surface area contributed by atoms with Crippen LogP contribution in [0.5, 0.6) is 5.75 Å². The number of nitrogens with zero attached hydrogens (tertiary/aromatic N) is 4. The highest BCUT2D eigenvalue weighted by Gasteiger charge is 2.55. The number of carbonyl (C=O) groups is 1. The molecule has 8 nitrogen and oxygen atoms in total. The molecule has 0 amide bonds. The molecule has 7 rings (SSSR count). The maximum atomic E-state index is 11.8. The van der Waals surface area contributed by atoms with Gasteiger partial charge >= 0.3 is 5.97 Å². The zero-order valence-electron chi connectivity index (χ0n) is 20.9. The number of likely N-dealkylation sites (N-methyl/N-ethyl adjacent to an activating group) is 1. The maximum absolute atomic E-state index is 11.8. The van der Waals surface area contributed by atoms with Crippen molar-refractivity contribution in [2.45, 2.75) is 50.4 Å². The first-order valence-electron chi connectivity index (χ1n) is 12.7. The predicted molar refractivity (Wildman–Crippen MR) is 141 cm³/mol. The Bertz CT molecular complexity index is 1430. The zero-order chi connectivity index (χ0) is 25.4. The third-order valence-electron chi connectivity index (χ3n) is 7.87. The number of ether oxygens (including phenoxy) is 2. The highest BCUT2D eigenvalue weighted by atomic mass is 35.5. The average molecular weight is 518 g/mol. The topological polar surface area (TPSA) is 79.8 Å². The number of rotatable bonds is 5. The Kier molecular flexibility index (Phi) is 4.97. The van der Waals surface area contributed by atoms with E-state index < -0.39 is 5.60 Å². The number of halogens is 1. The summed E-state index contributed by atoms with van der Waals surface area (Å²) in [7, 11) is 2.14. The molecule has 0 radical (unpaired) electrons. The van der Waals surface area contributed by atoms with Crippen LogP contribution >= 0.6 is 11.6 Å². The monoisotopic (exact) mass is 517 g/mol. The van der Waals surface area contributed by atoms with E-state index in [-0.39, 0.29) is 11.6 Å². The molecule has 1 saturated carbocycles. The van der Waals surface area contributed by atoms with Crippen molar-refractivity contribution in [2.24, 2.45) is 0 Å². The van der Waals surface area contributed by atoms with Crippen LogP contribution in [0.2, 0.25) is 5.02 Å². The number of fused-ring (bicyclic) bond motifs is 3. The molecular formula is C28H28ClN5O3. The third-order valence-corrected chi connectivity index (χ3v) is 8.14. The summed E-state index contributed by atoms with van der Waals surface area (Å²) in [6.07, 6.45) is 5.09. The Hall–Kier alpha value is -3.36. The summed E-state index contributed by atoms with van der Waals surface area (Å²) in [6, 6.07) is 12.2. The molecule has 1 saturated heterocycles. The Morgan fingerprint density at radius 2 is 2.03 bits per heavy atom. The van der Waals surface area contributed by atoms with E-state index in [9.17, 15) is 4.79 Å². The molecule has 9 heteroatoms. The molecule has 1 aromatic heterocycles. The maximum Gasteiger partial charge on any atom is 0.311 e. The Morgan fingerprint density at radius 3 is 2.81 bits per heavy atom. The predicted octanol–water partition coefficient (Wildman–Crippen LogP) is 5.09. The number of esters is 1. The second kappa shape index (κ2) is 8.07. The van der Waals surface area contributed by atoms with Gasteiger partial charge in [-0.2, -0.15) is 4.98 Å². The molecule has 2 fully saturated rings. The van der Waals surface area contributed by atoms with Crippen LogP contribution in [0, 0.1) is 0 Å². The quantitative estimate of drug-likeness (QED) is 0.469. The molecular weight excluding hydrogens is 490 g/mol. The fourth-order valence-electron chi connectivity index (χ4n) is 5.63. The number of nitrogens with one attached hydrogen (secondary N) is 1. The number of aromatic nitrogens is 2. The van der Waals surface area contributed by atoms with E-state index in [1.54, 1.807) is 6.20 Å². The largest absolute Gasteiger partial charge is 0.487 e. The molecule has 1 aliphatic carbocycles. The van der Waals surface area contributed by atoms with Crippen molar-refractivity contribution >= 4 is 40.7 Å². The summed E-state index contributed by atoms with van der Waals surface area (Å²) in [5, 5.41) is 3.83. The minimum absolute atomic E-state index is 0.0657. The molecule has 4 heterocycles. The average Bonchev–Trinajstić information content (AvgIpc) is 3.48. The van der Waals surface area contributed by atoms with Crippen molar-refractivity contribution in [3.63, 3.8) is 0 Å². The van der Waals surface area contributed by atoms with Gasteiger partial charge in [0, 0.05) is 41.7 Å². The van der Waals surface area contributed by atoms with Gasteiger partial charge in [0.15, 0.2) is 11.4 Å². The third kappa shape index (κ3) is 3.90. The van der Waals surface area contributed by atoms with Crippen molar-refractivity contribution in [1.82, 2.24) is 14.9 Å². The lowest BCUT2D eigenvalue weighted by Gasteiger charge is -2.37. The first-order chi connectivity index (χ1) is 17.8. The van der Waals surface area contributed by atoms with E-state index in [1.807, 2.05) is 29.2 Å². The van der Waals surface area contributed by atoms with Gasteiger partial charge in [-0.15, -0.1) is 0 Å². The van der Waals surface area contributed by atoms with Crippen molar-refractivity contribution in [3.05, 3.63) is 64.3 Å². The fourth-order valence-corrected chi connectivity index (χ4v) is 5.83. The number of hydrogen-bond acceptors (Lipinski definition) is 8. The summed E-state index contributed by atoms with van der Waals surface area (Å²) in [6.45, 7) is 4.53. The molecule has 1 atom stereocenters. The number of para-hydroxylation sites is 1. The summed E-state index contributed by atoms with van der Waals surface area (Å²) >= 11 is 6.62. The molecule has 4 aliphatic rings. The summed E-state index contributed by atoms with van der Waals surface area (Å²) in [5.74, 6) is 1.77. The molecule has 3 aromatic rings. The van der Waals surface area contributed by atoms with Gasteiger partial charge in [0.05, 0.1) is 19.2 Å². The van der Waals surface area contributed by atoms with Crippen LogP contribution in [-0.4, -0.2) is 46.6 Å². The van der Waals surface area contributed by atoms with Gasteiger partial charge in [0.2, 0.25) is 5.95 Å². The van der Waals surface area contributed by atoms with Crippen LogP contribution < -0.4 is 15.0 Å². The van der Waals surface area contributed by atoms with E-state index in [1.165, 1.54) is 11.1 Å². The van der Waals surface area contributed by atoms with Gasteiger partial charge in [-0.1, -0.05) is 29.8 Å². The lowest BCUT2D eigenvalue weighted by molar-refractivity contribution is -0.190. The minimum Gasteiger partial charge on any atom is -0.487 e. The molecule has 2 aromatic carbocycles. The lowest BCUT2D eigenvalue weighted by Crippen LogP contribution is -2.47. The molecule has 1 N–H and O–H groups in total. The molecule has 1 unspecified atom stereocenters. The normalized spacial score (nSPS) is 23.2. The Morgan fingerprint density at radius 1 is 1.22 bits per heavy atom. The number of hydrogen-bond donors (Lipinski definition) is 1. The number of carbonyl (C=O) groups excluding carboxylic acids is 1. The van der Waals surface area contributed by atoms with Gasteiger partial charge < -0.3 is 24.6 Å². The molecule has 190 valence electrons. The van der Waals surface area contributed by atoms with Gasteiger partial charge in [-0.3, -0.25) is 4.79 Å². The van der Waals surface area contributed by atoms with Crippen LogP contribution in [0.25, 0.3) is 0 Å². The number of anilines is 4. The first kappa shape index (κ1) is 22.8. The van der Waals surface area contributed by atoms with Crippen LogP contribution in [0.3, 0.4) is 0 Å². The highest BCUT2D eigenvalue weighted by Crippen LogP contribution is 2.52. The smallest absolute Gasteiger partial charge is 0.311 e. The molecule has 3 aliphatic heterocycles. The van der Waals surface area contributed by atoms with Crippen molar-refractivity contribution in [2.75, 3.05) is 30.4 Å². The molecule has 0 bridgehead atoms. The Labute approximate surface area is 220 Å². The molecule has 37 heavy (non-hydrogen) atoms. The second-order valence-electron chi connectivity index (χ2n) is 10.9. The van der Waals surface area contributed by atoms with Crippen LogP contribution in [0.4, 0.5) is 23.1 Å². The van der Waals surface area contributed by atoms with Crippen molar-refractivity contribution in [1.29, 1.82) is 0 Å². The SMILES string of the molecule is CN1CCc2c(cc(Nc3ncc(Cl)c(N4CC5(CC(=O)O5)c5ccccc54)n3)cc2OC2(C)CC2)C1. The van der Waals surface area contributed by atoms with Gasteiger partial charge in [0.1, 0.15) is 16.4 Å². The number of benzene rings is 2. The van der Waals surface area contributed by atoms with E-state index in [0.29, 0.717) is 29.8 Å². The summed E-state index contributed by atoms with van der Waals surface area (Å²) in [4.78, 5) is 25.4. The van der Waals surface area contributed by atoms with E-state index in [4.69, 9.17) is 26.1 Å². The van der Waals surface area contributed by atoms with Crippen molar-refractivity contribution < 1.29 is 14.3 Å². The van der Waals surface area contributed by atoms with E-state index in [0.717, 1.165) is 55.0 Å². The standard InChI is InChI=1S/C28H28ClN5O3/c1-27(8-9-27)36-23-12-18(11-17-15-33(2)10-7-19(17)23)31-26-30-14-21(29)25(32-26)34-16-28(13-24(35)37-28)20-5-3-4-6-22(20)34/h3-6,11-12,14H,7-10,13,15-16H2,1-2H3,(H,30,31,32). The van der Waals surface area contributed by atoms with Gasteiger partial charge in [-0.25, -0.2) is 4.98 Å². The van der Waals surface area contributed by atoms with Crippen LogP contribution in [0.15, 0.2) is 42.6 Å². The summed E-state index contributed by atoms with van der Waals surface area (Å²) < 4.78 is 12.1. The van der Waals surface area contributed by atoms with Crippen LogP contribution in [0.1, 0.15) is 42.9 Å². The van der Waals surface area contributed by atoms with Crippen LogP contribution in [-0.2, 0) is 28.1 Å². The Balaban J connectivity index is 1.22. The van der Waals surface area contributed by atoms with E-state index in [2.05, 4.69) is 41.3 Å². The summed E-state index contributed by atoms with van der Waals surface area (Å²) in [5.41, 5.74) is 4.64. The zero-order valence-corrected chi connectivity index (χ0v) is 21.6. The first-order valence-corrected chi connectivity index (χ1v) is 13.1. The van der Waals surface area contributed by atoms with Gasteiger partial charge in [0.25, 0.3) is 0 Å². The highest BCUT2D eigenvalue weighted by molar-refractivity contribution is 6.33. The van der Waals surface area contributed by atoms with Crippen molar-refractivity contribution in [3.8, 4) is 5.75 Å². The second-order valence-corrected chi connectivity index (χ2v) is 11.3. The van der Waals surface area contributed by atoms with Gasteiger partial charge in [-0.05, 0) is 50.9 Å².